The number of sulfonamides is 1. The molecule has 0 saturated carbocycles. The molecule has 0 spiro atoms. The van der Waals surface area contributed by atoms with Crippen molar-refractivity contribution in [1.29, 1.82) is 0 Å². The minimum Gasteiger partial charge on any atom is -0.492 e. The first-order valence-corrected chi connectivity index (χ1v) is 14.1. The van der Waals surface area contributed by atoms with Crippen molar-refractivity contribution in [3.05, 3.63) is 59.7 Å². The average Bonchev–Trinajstić information content (AvgIpc) is 2.80. The second-order valence-electron chi connectivity index (χ2n) is 9.13. The first kappa shape index (κ1) is 29.2. The van der Waals surface area contributed by atoms with Gasteiger partial charge in [-0.15, -0.1) is 0 Å². The molecule has 0 heterocycles. The van der Waals surface area contributed by atoms with Crippen molar-refractivity contribution in [2.24, 2.45) is 0 Å². The van der Waals surface area contributed by atoms with Gasteiger partial charge in [0.15, 0.2) is 0 Å². The highest BCUT2D eigenvalue weighted by atomic mass is 32.2. The fourth-order valence-electron chi connectivity index (χ4n) is 3.88. The molecule has 0 radical (unpaired) electrons. The zero-order valence-electron chi connectivity index (χ0n) is 22.2. The van der Waals surface area contributed by atoms with Gasteiger partial charge in [-0.1, -0.05) is 36.4 Å². The number of aryl methyl sites for hydroxylation is 1. The van der Waals surface area contributed by atoms with Crippen LogP contribution in [0.3, 0.4) is 0 Å². The number of nitrogens with one attached hydrogen (secondary N) is 1. The van der Waals surface area contributed by atoms with Crippen LogP contribution in [0.25, 0.3) is 0 Å². The first-order chi connectivity index (χ1) is 17.0. The lowest BCUT2D eigenvalue weighted by atomic mass is 10.1. The molecule has 1 unspecified atom stereocenters. The first-order valence-electron chi connectivity index (χ1n) is 12.3. The fraction of sp³-hybridized carbons (Fsp3) is 0.481. The normalized spacial score (nSPS) is 12.2. The van der Waals surface area contributed by atoms with E-state index in [0.29, 0.717) is 24.6 Å². The van der Waals surface area contributed by atoms with Gasteiger partial charge in [0, 0.05) is 25.6 Å². The number of benzene rings is 2. The van der Waals surface area contributed by atoms with Crippen molar-refractivity contribution in [2.75, 3.05) is 23.7 Å². The minimum absolute atomic E-state index is 0.0518. The molecule has 2 aromatic rings. The number of para-hydroxylation sites is 2. The van der Waals surface area contributed by atoms with E-state index in [9.17, 15) is 18.0 Å². The van der Waals surface area contributed by atoms with Crippen LogP contribution in [0.1, 0.15) is 51.7 Å². The lowest BCUT2D eigenvalue weighted by molar-refractivity contribution is -0.140. The molecule has 0 bridgehead atoms. The maximum absolute atomic E-state index is 13.4. The van der Waals surface area contributed by atoms with Crippen LogP contribution in [0.4, 0.5) is 5.69 Å². The van der Waals surface area contributed by atoms with Gasteiger partial charge in [-0.05, 0) is 64.3 Å². The summed E-state index contributed by atoms with van der Waals surface area (Å²) in [6.45, 7) is 10.1. The molecule has 2 amide bonds. The van der Waals surface area contributed by atoms with E-state index in [1.54, 1.807) is 36.1 Å². The third kappa shape index (κ3) is 8.26. The molecule has 0 aliphatic heterocycles. The van der Waals surface area contributed by atoms with E-state index in [0.717, 1.165) is 17.4 Å². The predicted molar refractivity (Wildman–Crippen MR) is 144 cm³/mol. The number of hydrogen-bond donors (Lipinski definition) is 1. The molecule has 1 N–H and O–H groups in total. The fourth-order valence-corrected chi connectivity index (χ4v) is 4.85. The summed E-state index contributed by atoms with van der Waals surface area (Å²) in [5, 5.41) is 2.88. The number of amides is 2. The molecular formula is C27H39N3O5S. The van der Waals surface area contributed by atoms with Crippen molar-refractivity contribution in [3.8, 4) is 5.75 Å². The van der Waals surface area contributed by atoms with Gasteiger partial charge < -0.3 is 15.0 Å². The summed E-state index contributed by atoms with van der Waals surface area (Å²) in [5.41, 5.74) is 2.43. The average molecular weight is 518 g/mol. The zero-order chi connectivity index (χ0) is 26.9. The smallest absolute Gasteiger partial charge is 0.242 e. The number of hydrogen-bond acceptors (Lipinski definition) is 5. The Morgan fingerprint density at radius 2 is 1.67 bits per heavy atom. The van der Waals surface area contributed by atoms with E-state index < -0.39 is 16.1 Å². The molecule has 8 nitrogen and oxygen atoms in total. The number of carbonyl (C=O) groups is 2. The summed E-state index contributed by atoms with van der Waals surface area (Å²) in [6.07, 6.45) is 1.52. The van der Waals surface area contributed by atoms with Crippen LogP contribution < -0.4 is 14.4 Å². The van der Waals surface area contributed by atoms with E-state index in [-0.39, 0.29) is 37.2 Å². The quantitative estimate of drug-likeness (QED) is 0.435. The molecule has 9 heteroatoms. The Kier molecular flexibility index (Phi) is 10.8. The largest absolute Gasteiger partial charge is 0.492 e. The van der Waals surface area contributed by atoms with Crippen LogP contribution in [0.15, 0.2) is 48.5 Å². The second-order valence-corrected chi connectivity index (χ2v) is 11.0. The van der Waals surface area contributed by atoms with Crippen molar-refractivity contribution < 1.29 is 22.7 Å². The van der Waals surface area contributed by atoms with Gasteiger partial charge in [-0.3, -0.25) is 13.9 Å². The van der Waals surface area contributed by atoms with Crippen LogP contribution in [0, 0.1) is 6.92 Å². The zero-order valence-corrected chi connectivity index (χ0v) is 23.0. The molecule has 1 atom stereocenters. The van der Waals surface area contributed by atoms with Crippen LogP contribution in [-0.4, -0.2) is 56.6 Å². The van der Waals surface area contributed by atoms with E-state index in [1.165, 1.54) is 4.31 Å². The Labute approximate surface area is 215 Å². The maximum atomic E-state index is 13.4. The Bertz CT molecular complexity index is 1130. The summed E-state index contributed by atoms with van der Waals surface area (Å²) in [4.78, 5) is 27.7. The predicted octanol–water partition coefficient (Wildman–Crippen LogP) is 3.88. The van der Waals surface area contributed by atoms with Gasteiger partial charge in [0.25, 0.3) is 0 Å². The molecule has 0 aliphatic rings. The van der Waals surface area contributed by atoms with Crippen LogP contribution >= 0.6 is 0 Å². The Morgan fingerprint density at radius 1 is 1.03 bits per heavy atom. The van der Waals surface area contributed by atoms with Crippen LogP contribution in [-0.2, 0) is 26.2 Å². The molecule has 0 aromatic heterocycles. The molecule has 0 saturated heterocycles. The van der Waals surface area contributed by atoms with Crippen LogP contribution in [0.5, 0.6) is 5.75 Å². The van der Waals surface area contributed by atoms with Crippen molar-refractivity contribution in [1.82, 2.24) is 10.2 Å². The number of ether oxygens (including phenoxy) is 1. The summed E-state index contributed by atoms with van der Waals surface area (Å²) in [6, 6.07) is 14.0. The van der Waals surface area contributed by atoms with Crippen molar-refractivity contribution >= 4 is 27.5 Å². The summed E-state index contributed by atoms with van der Waals surface area (Å²) < 4.78 is 32.1. The highest BCUT2D eigenvalue weighted by Crippen LogP contribution is 2.30. The van der Waals surface area contributed by atoms with E-state index in [1.807, 2.05) is 52.0 Å². The number of rotatable bonds is 13. The van der Waals surface area contributed by atoms with E-state index >= 15 is 0 Å². The maximum Gasteiger partial charge on any atom is 0.242 e. The van der Waals surface area contributed by atoms with Gasteiger partial charge in [0.2, 0.25) is 21.8 Å². The number of carbonyl (C=O) groups excluding carboxylic acids is 2. The molecule has 36 heavy (non-hydrogen) atoms. The molecule has 0 fully saturated rings. The van der Waals surface area contributed by atoms with Crippen LogP contribution in [0.2, 0.25) is 0 Å². The Hall–Kier alpha value is -3.07. The Balaban J connectivity index is 2.22. The minimum atomic E-state index is -3.61. The van der Waals surface area contributed by atoms with Gasteiger partial charge in [0.1, 0.15) is 11.8 Å². The highest BCUT2D eigenvalue weighted by Gasteiger charge is 2.27. The molecule has 198 valence electrons. The number of anilines is 1. The standard InChI is InChI=1S/C27H39N3O5S/c1-7-35-25-16-11-10-15-24(25)30(36(6,33)34)18-12-17-26(31)29(22(5)27(32)28-20(2)3)19-23-14-9-8-13-21(23)4/h8-11,13-16,20,22H,7,12,17-19H2,1-6H3,(H,28,32). The lowest BCUT2D eigenvalue weighted by Gasteiger charge is -2.30. The topological polar surface area (TPSA) is 96.0 Å². The summed E-state index contributed by atoms with van der Waals surface area (Å²) in [5.74, 6) is 0.0310. The summed E-state index contributed by atoms with van der Waals surface area (Å²) in [7, 11) is -3.61. The third-order valence-electron chi connectivity index (χ3n) is 5.79. The molecule has 2 rings (SSSR count). The molecule has 0 aliphatic carbocycles. The highest BCUT2D eigenvalue weighted by molar-refractivity contribution is 7.92. The summed E-state index contributed by atoms with van der Waals surface area (Å²) >= 11 is 0. The van der Waals surface area contributed by atoms with Crippen molar-refractivity contribution in [2.45, 2.75) is 66.1 Å². The third-order valence-corrected chi connectivity index (χ3v) is 6.97. The Morgan fingerprint density at radius 3 is 2.28 bits per heavy atom. The van der Waals surface area contributed by atoms with Crippen molar-refractivity contribution in [3.63, 3.8) is 0 Å². The van der Waals surface area contributed by atoms with Gasteiger partial charge in [0.05, 0.1) is 18.6 Å². The van der Waals surface area contributed by atoms with E-state index in [4.69, 9.17) is 4.74 Å². The monoisotopic (exact) mass is 517 g/mol. The molecule has 2 aromatic carbocycles. The second kappa shape index (κ2) is 13.3. The van der Waals surface area contributed by atoms with Gasteiger partial charge in [-0.25, -0.2) is 8.42 Å². The van der Waals surface area contributed by atoms with Gasteiger partial charge >= 0.3 is 0 Å². The molecular weight excluding hydrogens is 478 g/mol. The number of nitrogens with zero attached hydrogens (tertiary/aromatic N) is 2. The lowest BCUT2D eigenvalue weighted by Crippen LogP contribution is -2.49. The van der Waals surface area contributed by atoms with E-state index in [2.05, 4.69) is 5.32 Å². The SMILES string of the molecule is CCOc1ccccc1N(CCCC(=O)N(Cc1ccccc1C)C(C)C(=O)NC(C)C)S(C)(=O)=O. The van der Waals surface area contributed by atoms with Gasteiger partial charge in [-0.2, -0.15) is 0 Å².